The van der Waals surface area contributed by atoms with Gasteiger partial charge in [0.25, 0.3) is 0 Å². The largest absolute Gasteiger partial charge is 0.309 e. The van der Waals surface area contributed by atoms with E-state index in [1.165, 1.54) is 0 Å². The van der Waals surface area contributed by atoms with Crippen molar-refractivity contribution in [2.45, 2.75) is 33.6 Å². The Labute approximate surface area is 74.5 Å². The molecule has 0 aromatic carbocycles. The normalized spacial score (nSPS) is 11.5. The first kappa shape index (κ1) is 11.0. The third kappa shape index (κ3) is 8.96. The Morgan fingerprint density at radius 3 is 2.67 bits per heavy atom. The maximum atomic E-state index is 8.21. The molecule has 68 valence electrons. The fourth-order valence-electron chi connectivity index (χ4n) is 0.560. The van der Waals surface area contributed by atoms with Gasteiger partial charge < -0.3 is 5.43 Å². The van der Waals surface area contributed by atoms with Gasteiger partial charge in [-0.1, -0.05) is 20.8 Å². The predicted octanol–water partition coefficient (Wildman–Crippen LogP) is 1.91. The summed E-state index contributed by atoms with van der Waals surface area (Å²) in [6.07, 6.45) is 3.32. The maximum Gasteiger partial charge on any atom is 0.0640 e. The van der Waals surface area contributed by atoms with Gasteiger partial charge in [-0.05, 0) is 11.8 Å². The lowest BCUT2D eigenvalue weighted by atomic mass is 9.93. The Morgan fingerprint density at radius 1 is 1.50 bits per heavy atom. The van der Waals surface area contributed by atoms with E-state index in [-0.39, 0.29) is 0 Å². The first-order valence-corrected chi connectivity index (χ1v) is 4.17. The molecule has 0 rings (SSSR count). The van der Waals surface area contributed by atoms with Crippen molar-refractivity contribution in [3.05, 3.63) is 0 Å². The summed E-state index contributed by atoms with van der Waals surface area (Å²) in [7, 11) is 0. The SMILES string of the molecule is CC(C)(C)C/C=N/NCCC#N. The molecule has 0 aliphatic heterocycles. The predicted molar refractivity (Wildman–Crippen MR) is 50.8 cm³/mol. The van der Waals surface area contributed by atoms with Crippen molar-refractivity contribution in [3.63, 3.8) is 0 Å². The van der Waals surface area contributed by atoms with Crippen molar-refractivity contribution in [2.75, 3.05) is 6.54 Å². The molecule has 3 heteroatoms. The second-order valence-electron chi connectivity index (χ2n) is 3.89. The molecule has 0 aromatic heterocycles. The average Bonchev–Trinajstić information content (AvgIpc) is 1.94. The number of nitrogens with zero attached hydrogens (tertiary/aromatic N) is 2. The van der Waals surface area contributed by atoms with Crippen LogP contribution in [0.5, 0.6) is 0 Å². The number of rotatable bonds is 4. The summed E-state index contributed by atoms with van der Waals surface area (Å²) in [6.45, 7) is 7.12. The molecule has 0 saturated carbocycles. The molecule has 0 aliphatic rings. The lowest BCUT2D eigenvalue weighted by molar-refractivity contribution is 0.436. The molecule has 0 heterocycles. The Morgan fingerprint density at radius 2 is 2.17 bits per heavy atom. The van der Waals surface area contributed by atoms with Crippen molar-refractivity contribution in [1.29, 1.82) is 5.26 Å². The minimum Gasteiger partial charge on any atom is -0.309 e. The van der Waals surface area contributed by atoms with Gasteiger partial charge in [0.1, 0.15) is 0 Å². The standard InChI is InChI=1S/C9H17N3/c1-9(2,3)5-8-12-11-7-4-6-10/h8,11H,4-5,7H2,1-3H3/b12-8+. The van der Waals surface area contributed by atoms with Crippen molar-refractivity contribution >= 4 is 6.21 Å². The van der Waals surface area contributed by atoms with Crippen LogP contribution in [0.4, 0.5) is 0 Å². The molecule has 0 spiro atoms. The molecule has 1 N–H and O–H groups in total. The summed E-state index contributed by atoms with van der Waals surface area (Å²) in [5.41, 5.74) is 3.10. The third-order valence-corrected chi connectivity index (χ3v) is 1.23. The zero-order valence-corrected chi connectivity index (χ0v) is 8.09. The quantitative estimate of drug-likeness (QED) is 0.395. The highest BCUT2D eigenvalue weighted by Gasteiger charge is 2.06. The lowest BCUT2D eigenvalue weighted by Crippen LogP contribution is -2.10. The summed E-state index contributed by atoms with van der Waals surface area (Å²) in [4.78, 5) is 0. The van der Waals surface area contributed by atoms with Crippen molar-refractivity contribution in [2.24, 2.45) is 10.5 Å². The first-order chi connectivity index (χ1) is 5.56. The second-order valence-corrected chi connectivity index (χ2v) is 3.89. The fraction of sp³-hybridized carbons (Fsp3) is 0.778. The minimum absolute atomic E-state index is 0.292. The molecule has 0 bridgehead atoms. The van der Waals surface area contributed by atoms with Crippen LogP contribution in [0.3, 0.4) is 0 Å². The van der Waals surface area contributed by atoms with E-state index >= 15 is 0 Å². The second kappa shape index (κ2) is 5.59. The molecule has 0 aromatic rings. The van der Waals surface area contributed by atoms with Gasteiger partial charge in [-0.3, -0.25) is 0 Å². The molecule has 0 fully saturated rings. The van der Waals surface area contributed by atoms with E-state index in [9.17, 15) is 0 Å². The van der Waals surface area contributed by atoms with Crippen LogP contribution < -0.4 is 5.43 Å². The van der Waals surface area contributed by atoms with Crippen LogP contribution in [0.25, 0.3) is 0 Å². The van der Waals surface area contributed by atoms with Gasteiger partial charge in [-0.2, -0.15) is 10.4 Å². The fourth-order valence-corrected chi connectivity index (χ4v) is 0.560. The van der Waals surface area contributed by atoms with Crippen LogP contribution >= 0.6 is 0 Å². The van der Waals surface area contributed by atoms with E-state index in [0.717, 1.165) is 6.42 Å². The summed E-state index contributed by atoms with van der Waals surface area (Å²) >= 11 is 0. The van der Waals surface area contributed by atoms with E-state index in [0.29, 0.717) is 18.4 Å². The molecule has 3 nitrogen and oxygen atoms in total. The van der Waals surface area contributed by atoms with Gasteiger partial charge in [0.2, 0.25) is 0 Å². The lowest BCUT2D eigenvalue weighted by Gasteiger charge is -2.13. The van der Waals surface area contributed by atoms with E-state index in [2.05, 4.69) is 31.3 Å². The average molecular weight is 167 g/mol. The van der Waals surface area contributed by atoms with Crippen LogP contribution in [0.1, 0.15) is 33.6 Å². The molecule has 0 saturated heterocycles. The zero-order chi connectivity index (χ0) is 9.45. The van der Waals surface area contributed by atoms with Crippen molar-refractivity contribution in [3.8, 4) is 6.07 Å². The highest BCUT2D eigenvalue weighted by Crippen LogP contribution is 2.15. The van der Waals surface area contributed by atoms with Gasteiger partial charge in [-0.25, -0.2) is 0 Å². The minimum atomic E-state index is 0.292. The van der Waals surface area contributed by atoms with Crippen LogP contribution in [0, 0.1) is 16.7 Å². The van der Waals surface area contributed by atoms with E-state index < -0.39 is 0 Å². The Bertz CT molecular complexity index is 171. The van der Waals surface area contributed by atoms with Crippen LogP contribution in [0.15, 0.2) is 5.10 Å². The maximum absolute atomic E-state index is 8.21. The first-order valence-electron chi connectivity index (χ1n) is 4.17. The Hall–Kier alpha value is -1.04. The summed E-state index contributed by atoms with van der Waals surface area (Å²) in [5, 5.41) is 12.2. The molecule has 0 aliphatic carbocycles. The highest BCUT2D eigenvalue weighted by molar-refractivity contribution is 5.57. The van der Waals surface area contributed by atoms with Crippen LogP contribution in [-0.4, -0.2) is 12.8 Å². The smallest absolute Gasteiger partial charge is 0.0640 e. The van der Waals surface area contributed by atoms with Gasteiger partial charge in [-0.15, -0.1) is 0 Å². The zero-order valence-electron chi connectivity index (χ0n) is 8.09. The summed E-state index contributed by atoms with van der Waals surface area (Å²) in [5.74, 6) is 0. The molecule has 12 heavy (non-hydrogen) atoms. The third-order valence-electron chi connectivity index (χ3n) is 1.23. The molecular weight excluding hydrogens is 150 g/mol. The molecule has 0 unspecified atom stereocenters. The molecular formula is C9H17N3. The monoisotopic (exact) mass is 167 g/mol. The van der Waals surface area contributed by atoms with Gasteiger partial charge in [0.05, 0.1) is 12.5 Å². The van der Waals surface area contributed by atoms with E-state index in [4.69, 9.17) is 5.26 Å². The highest BCUT2D eigenvalue weighted by atomic mass is 15.3. The Kier molecular flexibility index (Phi) is 5.11. The number of nitrogens with one attached hydrogen (secondary N) is 1. The van der Waals surface area contributed by atoms with E-state index in [1.54, 1.807) is 0 Å². The molecule has 0 radical (unpaired) electrons. The van der Waals surface area contributed by atoms with Gasteiger partial charge in [0.15, 0.2) is 0 Å². The van der Waals surface area contributed by atoms with Crippen molar-refractivity contribution < 1.29 is 0 Å². The van der Waals surface area contributed by atoms with E-state index in [1.807, 2.05) is 12.3 Å². The van der Waals surface area contributed by atoms with Gasteiger partial charge >= 0.3 is 0 Å². The molecule has 0 amide bonds. The van der Waals surface area contributed by atoms with Crippen LogP contribution in [-0.2, 0) is 0 Å². The molecule has 0 atom stereocenters. The van der Waals surface area contributed by atoms with Crippen molar-refractivity contribution in [1.82, 2.24) is 5.43 Å². The number of nitriles is 1. The number of hydrazone groups is 1. The summed E-state index contributed by atoms with van der Waals surface area (Å²) in [6, 6.07) is 2.04. The Balaban J connectivity index is 3.33. The van der Waals surface area contributed by atoms with Gasteiger partial charge in [0, 0.05) is 12.8 Å². The number of hydrogen-bond acceptors (Lipinski definition) is 3. The number of hydrogen-bond donors (Lipinski definition) is 1. The topological polar surface area (TPSA) is 48.2 Å². The summed E-state index contributed by atoms with van der Waals surface area (Å²) < 4.78 is 0. The van der Waals surface area contributed by atoms with Crippen LogP contribution in [0.2, 0.25) is 0 Å².